The lowest BCUT2D eigenvalue weighted by atomic mass is 10.1. The highest BCUT2D eigenvalue weighted by Gasteiger charge is 1.98. The summed E-state index contributed by atoms with van der Waals surface area (Å²) in [6.45, 7) is 2.20. The van der Waals surface area contributed by atoms with Gasteiger partial charge in [-0.1, -0.05) is 24.3 Å². The van der Waals surface area contributed by atoms with Gasteiger partial charge in [-0.05, 0) is 35.4 Å². The number of hydrogen-bond donors (Lipinski definition) is 2. The molecule has 4 heteroatoms. The van der Waals surface area contributed by atoms with Crippen molar-refractivity contribution in [2.24, 2.45) is 0 Å². The molecule has 0 atom stereocenters. The van der Waals surface area contributed by atoms with Crippen molar-refractivity contribution in [3.8, 4) is 6.07 Å². The van der Waals surface area contributed by atoms with Crippen molar-refractivity contribution in [2.75, 3.05) is 10.6 Å². The summed E-state index contributed by atoms with van der Waals surface area (Å²) in [5.74, 6) is -0.0710. The van der Waals surface area contributed by atoms with E-state index in [0.29, 0.717) is 13.0 Å². The lowest BCUT2D eigenvalue weighted by Gasteiger charge is -2.08. The van der Waals surface area contributed by atoms with Crippen LogP contribution in [0, 0.1) is 11.3 Å². The molecule has 4 nitrogen and oxygen atoms in total. The van der Waals surface area contributed by atoms with Crippen LogP contribution in [-0.2, 0) is 17.8 Å². The number of hydrogen-bond acceptors (Lipinski definition) is 3. The molecule has 2 aromatic carbocycles. The number of anilines is 2. The van der Waals surface area contributed by atoms with Crippen molar-refractivity contribution in [3.05, 3.63) is 59.7 Å². The number of nitriles is 1. The van der Waals surface area contributed by atoms with Crippen LogP contribution in [-0.4, -0.2) is 5.91 Å². The second kappa shape index (κ2) is 7.11. The lowest BCUT2D eigenvalue weighted by Crippen LogP contribution is -2.06. The van der Waals surface area contributed by atoms with E-state index >= 15 is 0 Å². The van der Waals surface area contributed by atoms with Crippen molar-refractivity contribution in [2.45, 2.75) is 19.9 Å². The molecule has 0 aliphatic rings. The Bertz CT molecular complexity index is 639. The minimum atomic E-state index is -0.0710. The van der Waals surface area contributed by atoms with Crippen molar-refractivity contribution in [3.63, 3.8) is 0 Å². The van der Waals surface area contributed by atoms with Crippen LogP contribution >= 0.6 is 0 Å². The van der Waals surface area contributed by atoms with Gasteiger partial charge < -0.3 is 10.6 Å². The zero-order valence-corrected chi connectivity index (χ0v) is 11.9. The van der Waals surface area contributed by atoms with Gasteiger partial charge in [0.2, 0.25) is 5.91 Å². The Morgan fingerprint density at radius 1 is 1.00 bits per heavy atom. The first-order chi connectivity index (χ1) is 10.2. The average molecular weight is 279 g/mol. The van der Waals surface area contributed by atoms with E-state index in [9.17, 15) is 4.79 Å². The Balaban J connectivity index is 1.90. The quantitative estimate of drug-likeness (QED) is 0.882. The maximum atomic E-state index is 10.9. The van der Waals surface area contributed by atoms with Gasteiger partial charge in [-0.2, -0.15) is 5.26 Å². The molecule has 0 aliphatic carbocycles. The molecule has 2 aromatic rings. The summed E-state index contributed by atoms with van der Waals surface area (Å²) in [7, 11) is 0. The summed E-state index contributed by atoms with van der Waals surface area (Å²) in [4.78, 5) is 10.9. The van der Waals surface area contributed by atoms with Gasteiger partial charge >= 0.3 is 0 Å². The normalized spacial score (nSPS) is 9.71. The molecule has 1 amide bonds. The molecule has 0 aliphatic heterocycles. The van der Waals surface area contributed by atoms with Crippen LogP contribution in [0.15, 0.2) is 48.5 Å². The van der Waals surface area contributed by atoms with E-state index < -0.39 is 0 Å². The summed E-state index contributed by atoms with van der Waals surface area (Å²) in [6.07, 6.45) is 0.435. The molecule has 2 N–H and O–H groups in total. The van der Waals surface area contributed by atoms with Crippen LogP contribution in [0.25, 0.3) is 0 Å². The molecule has 0 heterocycles. The molecule has 0 unspecified atom stereocenters. The third kappa shape index (κ3) is 4.66. The van der Waals surface area contributed by atoms with E-state index in [1.54, 1.807) is 0 Å². The van der Waals surface area contributed by atoms with E-state index in [-0.39, 0.29) is 5.91 Å². The number of carbonyl (C=O) groups excluding carboxylic acids is 1. The molecule has 106 valence electrons. The standard InChI is InChI=1S/C17H17N3O/c1-13(21)20-17-8-4-15(5-9-17)12-19-16-6-2-14(3-7-16)10-11-18/h2-9,19H,10,12H2,1H3,(H,20,21). The van der Waals surface area contributed by atoms with Gasteiger partial charge in [0.05, 0.1) is 12.5 Å². The lowest BCUT2D eigenvalue weighted by molar-refractivity contribution is -0.114. The predicted molar refractivity (Wildman–Crippen MR) is 83.8 cm³/mol. The van der Waals surface area contributed by atoms with Crippen LogP contribution in [0.5, 0.6) is 0 Å². The highest BCUT2D eigenvalue weighted by atomic mass is 16.1. The fraction of sp³-hybridized carbons (Fsp3) is 0.176. The van der Waals surface area contributed by atoms with Crippen LogP contribution in [0.3, 0.4) is 0 Å². The number of rotatable bonds is 5. The molecule has 0 spiro atoms. The van der Waals surface area contributed by atoms with Crippen molar-refractivity contribution < 1.29 is 4.79 Å². The summed E-state index contributed by atoms with van der Waals surface area (Å²) >= 11 is 0. The molecular formula is C17H17N3O. The molecule has 21 heavy (non-hydrogen) atoms. The van der Waals surface area contributed by atoms with E-state index in [1.807, 2.05) is 48.5 Å². The van der Waals surface area contributed by atoms with E-state index in [2.05, 4.69) is 16.7 Å². The number of carbonyl (C=O) groups is 1. The van der Waals surface area contributed by atoms with E-state index in [1.165, 1.54) is 6.92 Å². The minimum Gasteiger partial charge on any atom is -0.381 e. The molecule has 2 rings (SSSR count). The summed E-state index contributed by atoms with van der Waals surface area (Å²) in [5, 5.41) is 14.7. The third-order valence-electron chi connectivity index (χ3n) is 3.01. The van der Waals surface area contributed by atoms with Crippen LogP contribution in [0.1, 0.15) is 18.1 Å². The Kier molecular flexibility index (Phi) is 4.94. The summed E-state index contributed by atoms with van der Waals surface area (Å²) in [5.41, 5.74) is 3.96. The summed E-state index contributed by atoms with van der Waals surface area (Å²) < 4.78 is 0. The highest BCUT2D eigenvalue weighted by molar-refractivity contribution is 5.88. The first-order valence-corrected chi connectivity index (χ1v) is 6.73. The Labute approximate surface area is 124 Å². The van der Waals surface area contributed by atoms with Gasteiger partial charge in [-0.25, -0.2) is 0 Å². The highest BCUT2D eigenvalue weighted by Crippen LogP contribution is 2.13. The topological polar surface area (TPSA) is 64.9 Å². The van der Waals surface area contributed by atoms with Gasteiger partial charge in [0.15, 0.2) is 0 Å². The molecule has 0 fully saturated rings. The van der Waals surface area contributed by atoms with Gasteiger partial charge in [-0.3, -0.25) is 4.79 Å². The van der Waals surface area contributed by atoms with Crippen molar-refractivity contribution in [1.82, 2.24) is 0 Å². The Morgan fingerprint density at radius 2 is 1.57 bits per heavy atom. The Morgan fingerprint density at radius 3 is 2.14 bits per heavy atom. The average Bonchev–Trinajstić information content (AvgIpc) is 2.48. The molecular weight excluding hydrogens is 262 g/mol. The van der Waals surface area contributed by atoms with Crippen LogP contribution in [0.4, 0.5) is 11.4 Å². The third-order valence-corrected chi connectivity index (χ3v) is 3.01. The molecule has 0 radical (unpaired) electrons. The molecule has 0 saturated carbocycles. The number of benzene rings is 2. The van der Waals surface area contributed by atoms with Gasteiger partial charge in [0, 0.05) is 24.8 Å². The molecule has 0 bridgehead atoms. The van der Waals surface area contributed by atoms with Crippen molar-refractivity contribution >= 4 is 17.3 Å². The van der Waals surface area contributed by atoms with E-state index in [4.69, 9.17) is 5.26 Å². The Hall–Kier alpha value is -2.80. The predicted octanol–water partition coefficient (Wildman–Crippen LogP) is 3.32. The monoisotopic (exact) mass is 279 g/mol. The first-order valence-electron chi connectivity index (χ1n) is 6.73. The second-order valence-electron chi connectivity index (χ2n) is 4.76. The SMILES string of the molecule is CC(=O)Nc1ccc(CNc2ccc(CC#N)cc2)cc1. The van der Waals surface area contributed by atoms with Gasteiger partial charge in [0.25, 0.3) is 0 Å². The number of amides is 1. The second-order valence-corrected chi connectivity index (χ2v) is 4.76. The fourth-order valence-corrected chi connectivity index (χ4v) is 1.95. The maximum Gasteiger partial charge on any atom is 0.221 e. The molecule has 0 saturated heterocycles. The molecule has 0 aromatic heterocycles. The summed E-state index contributed by atoms with van der Waals surface area (Å²) in [6, 6.07) is 17.7. The first kappa shape index (κ1) is 14.6. The van der Waals surface area contributed by atoms with E-state index in [0.717, 1.165) is 22.5 Å². The smallest absolute Gasteiger partial charge is 0.221 e. The van der Waals surface area contributed by atoms with Gasteiger partial charge in [0.1, 0.15) is 0 Å². The van der Waals surface area contributed by atoms with Crippen LogP contribution in [0.2, 0.25) is 0 Å². The zero-order valence-electron chi connectivity index (χ0n) is 11.9. The largest absolute Gasteiger partial charge is 0.381 e. The minimum absolute atomic E-state index is 0.0710. The fourth-order valence-electron chi connectivity index (χ4n) is 1.95. The van der Waals surface area contributed by atoms with Gasteiger partial charge in [-0.15, -0.1) is 0 Å². The van der Waals surface area contributed by atoms with Crippen molar-refractivity contribution in [1.29, 1.82) is 5.26 Å². The number of nitrogens with one attached hydrogen (secondary N) is 2. The zero-order chi connectivity index (χ0) is 15.1. The maximum absolute atomic E-state index is 10.9. The van der Waals surface area contributed by atoms with Crippen LogP contribution < -0.4 is 10.6 Å². The number of nitrogens with zero attached hydrogens (tertiary/aromatic N) is 1.